The maximum atomic E-state index is 13.3. The number of ether oxygens (including phenoxy) is 1. The van der Waals surface area contributed by atoms with Gasteiger partial charge >= 0.3 is 0 Å². The molecule has 0 saturated carbocycles. The lowest BCUT2D eigenvalue weighted by atomic mass is 10.2. The number of aryl methyl sites for hydroxylation is 1. The van der Waals surface area contributed by atoms with Crippen molar-refractivity contribution >= 4 is 34.3 Å². The summed E-state index contributed by atoms with van der Waals surface area (Å²) in [5.74, 6) is 0.476. The first-order valence-electron chi connectivity index (χ1n) is 9.71. The third kappa shape index (κ3) is 4.46. The molecule has 1 aromatic heterocycles. The van der Waals surface area contributed by atoms with Gasteiger partial charge in [0.25, 0.3) is 5.56 Å². The number of nitrogens with one attached hydrogen (secondary N) is 1. The Morgan fingerprint density at radius 2 is 1.74 bits per heavy atom. The summed E-state index contributed by atoms with van der Waals surface area (Å²) in [6, 6.07) is 22.0. The van der Waals surface area contributed by atoms with E-state index in [1.165, 1.54) is 16.3 Å². The fourth-order valence-corrected chi connectivity index (χ4v) is 4.01. The molecule has 6 nitrogen and oxygen atoms in total. The number of methoxy groups -OCH3 is 1. The van der Waals surface area contributed by atoms with E-state index in [4.69, 9.17) is 4.74 Å². The van der Waals surface area contributed by atoms with Gasteiger partial charge in [-0.15, -0.1) is 0 Å². The second kappa shape index (κ2) is 9.06. The Morgan fingerprint density at radius 1 is 1.03 bits per heavy atom. The van der Waals surface area contributed by atoms with Crippen molar-refractivity contribution in [2.45, 2.75) is 12.1 Å². The van der Waals surface area contributed by atoms with Gasteiger partial charge in [-0.2, -0.15) is 0 Å². The van der Waals surface area contributed by atoms with E-state index in [2.05, 4.69) is 10.3 Å². The van der Waals surface area contributed by atoms with Crippen LogP contribution >= 0.6 is 11.8 Å². The normalized spacial score (nSPS) is 10.8. The number of hydrogen-bond donors (Lipinski definition) is 1. The number of para-hydroxylation sites is 3. The maximum Gasteiger partial charge on any atom is 0.266 e. The number of benzene rings is 3. The van der Waals surface area contributed by atoms with E-state index in [1.54, 1.807) is 37.4 Å². The average Bonchev–Trinajstić information content (AvgIpc) is 2.79. The number of aromatic nitrogens is 2. The molecule has 156 valence electrons. The topological polar surface area (TPSA) is 73.2 Å². The molecule has 4 aromatic rings. The van der Waals surface area contributed by atoms with Crippen LogP contribution in [0.25, 0.3) is 16.6 Å². The molecule has 0 bridgehead atoms. The van der Waals surface area contributed by atoms with E-state index in [9.17, 15) is 9.59 Å². The molecule has 0 atom stereocenters. The molecular formula is C24H21N3O3S. The van der Waals surface area contributed by atoms with Gasteiger partial charge < -0.3 is 10.1 Å². The fourth-order valence-electron chi connectivity index (χ4n) is 3.20. The van der Waals surface area contributed by atoms with Crippen molar-refractivity contribution in [3.8, 4) is 11.4 Å². The number of rotatable bonds is 6. The highest BCUT2D eigenvalue weighted by atomic mass is 32.2. The molecule has 0 spiro atoms. The van der Waals surface area contributed by atoms with Gasteiger partial charge in [-0.25, -0.2) is 4.98 Å². The Hall–Kier alpha value is -3.58. The van der Waals surface area contributed by atoms with Crippen LogP contribution in [-0.2, 0) is 4.79 Å². The number of hydrogen-bond acceptors (Lipinski definition) is 5. The summed E-state index contributed by atoms with van der Waals surface area (Å²) in [4.78, 5) is 30.5. The molecule has 31 heavy (non-hydrogen) atoms. The van der Waals surface area contributed by atoms with Gasteiger partial charge in [-0.3, -0.25) is 14.2 Å². The minimum absolute atomic E-state index is 0.105. The van der Waals surface area contributed by atoms with Crippen LogP contribution in [-0.4, -0.2) is 28.3 Å². The molecular weight excluding hydrogens is 410 g/mol. The first kappa shape index (κ1) is 20.7. The zero-order chi connectivity index (χ0) is 21.8. The minimum atomic E-state index is -0.212. The molecule has 4 rings (SSSR count). The van der Waals surface area contributed by atoms with Gasteiger partial charge in [0.2, 0.25) is 5.91 Å². The lowest BCUT2D eigenvalue weighted by molar-refractivity contribution is -0.113. The Morgan fingerprint density at radius 3 is 2.52 bits per heavy atom. The predicted octanol–water partition coefficient (Wildman–Crippen LogP) is 4.43. The fraction of sp³-hybridized carbons (Fsp3) is 0.125. The van der Waals surface area contributed by atoms with Crippen molar-refractivity contribution in [2.24, 2.45) is 0 Å². The Kier molecular flexibility index (Phi) is 6.04. The predicted molar refractivity (Wildman–Crippen MR) is 124 cm³/mol. The molecule has 0 radical (unpaired) electrons. The van der Waals surface area contributed by atoms with Crippen molar-refractivity contribution in [3.63, 3.8) is 0 Å². The van der Waals surface area contributed by atoms with Crippen LogP contribution in [0.3, 0.4) is 0 Å². The number of carbonyl (C=O) groups is 1. The van der Waals surface area contributed by atoms with Crippen LogP contribution in [0.5, 0.6) is 5.75 Å². The Balaban J connectivity index is 1.70. The number of carbonyl (C=O) groups excluding carboxylic acids is 1. The van der Waals surface area contributed by atoms with Crippen molar-refractivity contribution < 1.29 is 9.53 Å². The smallest absolute Gasteiger partial charge is 0.266 e. The highest BCUT2D eigenvalue weighted by Crippen LogP contribution is 2.27. The molecule has 1 heterocycles. The number of anilines is 1. The molecule has 0 fully saturated rings. The highest BCUT2D eigenvalue weighted by Gasteiger charge is 2.17. The number of thioether (sulfide) groups is 1. The van der Waals surface area contributed by atoms with Crippen LogP contribution in [0.15, 0.2) is 82.7 Å². The SMILES string of the molecule is COc1ccccc1-n1c(SCC(=O)Nc2ccc(C)cc2)nc2ccccc2c1=O. The molecule has 1 N–H and O–H groups in total. The van der Waals surface area contributed by atoms with Crippen LogP contribution in [0, 0.1) is 6.92 Å². The van der Waals surface area contributed by atoms with E-state index < -0.39 is 0 Å². The van der Waals surface area contributed by atoms with Gasteiger partial charge in [0.1, 0.15) is 5.75 Å². The lowest BCUT2D eigenvalue weighted by Gasteiger charge is -2.15. The Bertz CT molecular complexity index is 1300. The first-order valence-corrected chi connectivity index (χ1v) is 10.7. The van der Waals surface area contributed by atoms with Gasteiger partial charge in [0.05, 0.1) is 29.5 Å². The molecule has 7 heteroatoms. The van der Waals surface area contributed by atoms with E-state index in [1.807, 2.05) is 49.4 Å². The standard InChI is InChI=1S/C24H21N3O3S/c1-16-11-13-17(14-12-16)25-22(28)15-31-24-26-19-8-4-3-7-18(19)23(29)27(24)20-9-5-6-10-21(20)30-2/h3-14H,15H2,1-2H3,(H,25,28). The summed E-state index contributed by atoms with van der Waals surface area (Å²) in [7, 11) is 1.56. The Labute approximate surface area is 183 Å². The monoisotopic (exact) mass is 431 g/mol. The van der Waals surface area contributed by atoms with Crippen molar-refractivity contribution in [1.29, 1.82) is 0 Å². The van der Waals surface area contributed by atoms with E-state index in [0.717, 1.165) is 11.3 Å². The molecule has 3 aromatic carbocycles. The van der Waals surface area contributed by atoms with Gasteiger partial charge in [-0.1, -0.05) is 53.7 Å². The summed E-state index contributed by atoms with van der Waals surface area (Å²) in [6.45, 7) is 1.99. The van der Waals surface area contributed by atoms with Gasteiger partial charge in [0.15, 0.2) is 5.16 Å². The zero-order valence-corrected chi connectivity index (χ0v) is 18.0. The molecule has 0 saturated heterocycles. The molecule has 0 unspecified atom stereocenters. The molecule has 1 amide bonds. The van der Waals surface area contributed by atoms with E-state index in [-0.39, 0.29) is 17.2 Å². The number of fused-ring (bicyclic) bond motifs is 1. The van der Waals surface area contributed by atoms with Crippen molar-refractivity contribution in [3.05, 3.63) is 88.7 Å². The summed E-state index contributed by atoms with van der Waals surface area (Å²) < 4.78 is 6.96. The minimum Gasteiger partial charge on any atom is -0.495 e. The first-order chi connectivity index (χ1) is 15.1. The van der Waals surface area contributed by atoms with Gasteiger partial charge in [0, 0.05) is 5.69 Å². The highest BCUT2D eigenvalue weighted by molar-refractivity contribution is 7.99. The largest absolute Gasteiger partial charge is 0.495 e. The van der Waals surface area contributed by atoms with Crippen molar-refractivity contribution in [1.82, 2.24) is 9.55 Å². The van der Waals surface area contributed by atoms with Crippen LogP contribution in [0.2, 0.25) is 0 Å². The third-order valence-corrected chi connectivity index (χ3v) is 5.68. The summed E-state index contributed by atoms with van der Waals surface area (Å²) >= 11 is 1.20. The molecule has 0 aliphatic carbocycles. The van der Waals surface area contributed by atoms with Crippen molar-refractivity contribution in [2.75, 3.05) is 18.2 Å². The van der Waals surface area contributed by atoms with Gasteiger partial charge in [-0.05, 0) is 43.3 Å². The second-order valence-corrected chi connectivity index (χ2v) is 7.87. The maximum absolute atomic E-state index is 13.3. The molecule has 0 aliphatic heterocycles. The zero-order valence-electron chi connectivity index (χ0n) is 17.2. The summed E-state index contributed by atoms with van der Waals surface area (Å²) in [6.07, 6.45) is 0. The average molecular weight is 432 g/mol. The third-order valence-electron chi connectivity index (χ3n) is 4.74. The van der Waals surface area contributed by atoms with E-state index >= 15 is 0 Å². The summed E-state index contributed by atoms with van der Waals surface area (Å²) in [5.41, 5.74) is 2.80. The van der Waals surface area contributed by atoms with Crippen LogP contribution < -0.4 is 15.6 Å². The lowest BCUT2D eigenvalue weighted by Crippen LogP contribution is -2.23. The van der Waals surface area contributed by atoms with Crippen LogP contribution in [0.4, 0.5) is 5.69 Å². The number of nitrogens with zero attached hydrogens (tertiary/aromatic N) is 2. The number of amides is 1. The molecule has 0 aliphatic rings. The van der Waals surface area contributed by atoms with E-state index in [0.29, 0.717) is 27.5 Å². The van der Waals surface area contributed by atoms with Crippen LogP contribution in [0.1, 0.15) is 5.56 Å². The second-order valence-electron chi connectivity index (χ2n) is 6.93. The summed E-state index contributed by atoms with van der Waals surface area (Å²) in [5, 5.41) is 3.80. The quantitative estimate of drug-likeness (QED) is 0.361.